The number of halogens is 3. The van der Waals surface area contributed by atoms with Crippen LogP contribution in [0.25, 0.3) is 0 Å². The van der Waals surface area contributed by atoms with Gasteiger partial charge in [-0.1, -0.05) is 0 Å². The topological polar surface area (TPSA) is 85.7 Å². The molecule has 2 aliphatic heterocycles. The number of benzene rings is 2. The quantitative estimate of drug-likeness (QED) is 0.651. The maximum Gasteiger partial charge on any atom is 0.417 e. The Morgan fingerprint density at radius 3 is 2.50 bits per heavy atom. The Morgan fingerprint density at radius 2 is 1.85 bits per heavy atom. The van der Waals surface area contributed by atoms with Gasteiger partial charge in [0, 0.05) is 11.8 Å². The fraction of sp³-hybridized carbons (Fsp3) is 0.304. The van der Waals surface area contributed by atoms with E-state index >= 15 is 0 Å². The van der Waals surface area contributed by atoms with Crippen LogP contribution in [0.15, 0.2) is 36.4 Å². The molecule has 0 aromatic heterocycles. The molecule has 7 nitrogen and oxygen atoms in total. The van der Waals surface area contributed by atoms with Crippen LogP contribution in [-0.4, -0.2) is 35.6 Å². The van der Waals surface area contributed by atoms with Gasteiger partial charge in [0.25, 0.3) is 11.8 Å². The zero-order valence-electron chi connectivity index (χ0n) is 17.6. The first-order valence-corrected chi connectivity index (χ1v) is 10.9. The monoisotopic (exact) mass is 486 g/mol. The first-order valence-electron chi connectivity index (χ1n) is 10.5. The van der Waals surface area contributed by atoms with Crippen LogP contribution in [0, 0.1) is 11.3 Å². The highest BCUT2D eigenvalue weighted by molar-refractivity contribution is 7.81. The normalized spacial score (nSPS) is 19.2. The molecule has 0 atom stereocenters. The number of hydrogen-bond acceptors (Lipinski definition) is 5. The van der Waals surface area contributed by atoms with Gasteiger partial charge in [-0.3, -0.25) is 14.5 Å². The molecule has 2 aromatic rings. The molecule has 34 heavy (non-hydrogen) atoms. The second-order valence-electron chi connectivity index (χ2n) is 8.27. The van der Waals surface area contributed by atoms with Crippen LogP contribution in [-0.2, 0) is 11.0 Å². The first kappa shape index (κ1) is 22.2. The summed E-state index contributed by atoms with van der Waals surface area (Å²) in [6, 6.07) is 9.51. The molecule has 1 spiro atoms. The number of carbonyl (C=O) groups excluding carboxylic acids is 2. The summed E-state index contributed by atoms with van der Waals surface area (Å²) in [5.41, 5.74) is -1.89. The maximum absolute atomic E-state index is 13.6. The summed E-state index contributed by atoms with van der Waals surface area (Å²) in [5.74, 6) is -0.361. The number of alkyl halides is 3. The molecule has 5 rings (SSSR count). The van der Waals surface area contributed by atoms with Crippen LogP contribution >= 0.6 is 12.2 Å². The minimum atomic E-state index is -4.77. The third-order valence-corrected chi connectivity index (χ3v) is 6.76. The molecule has 0 bridgehead atoms. The van der Waals surface area contributed by atoms with Gasteiger partial charge in [-0.25, -0.2) is 0 Å². The van der Waals surface area contributed by atoms with Gasteiger partial charge in [0.1, 0.15) is 17.9 Å². The molecule has 2 fully saturated rings. The first-order chi connectivity index (χ1) is 16.2. The molecule has 2 heterocycles. The number of nitrogens with one attached hydrogen (secondary N) is 1. The van der Waals surface area contributed by atoms with Crippen molar-refractivity contribution in [2.24, 2.45) is 0 Å². The van der Waals surface area contributed by atoms with Gasteiger partial charge in [0.15, 0.2) is 5.11 Å². The van der Waals surface area contributed by atoms with E-state index in [9.17, 15) is 22.8 Å². The molecule has 1 saturated heterocycles. The fourth-order valence-corrected chi connectivity index (χ4v) is 5.06. The smallest absolute Gasteiger partial charge is 0.417 e. The van der Waals surface area contributed by atoms with E-state index in [0.717, 1.165) is 23.5 Å². The van der Waals surface area contributed by atoms with Crippen molar-refractivity contribution in [1.82, 2.24) is 5.32 Å². The lowest BCUT2D eigenvalue weighted by Gasteiger charge is -2.43. The largest absolute Gasteiger partial charge is 0.491 e. The van der Waals surface area contributed by atoms with E-state index < -0.39 is 28.7 Å². The van der Waals surface area contributed by atoms with Crippen molar-refractivity contribution in [2.45, 2.75) is 31.0 Å². The fourth-order valence-electron chi connectivity index (χ4n) is 4.59. The van der Waals surface area contributed by atoms with E-state index in [1.165, 1.54) is 12.1 Å². The van der Waals surface area contributed by atoms with Gasteiger partial charge in [-0.15, -0.1) is 0 Å². The third-order valence-electron chi connectivity index (χ3n) is 6.39. The van der Waals surface area contributed by atoms with Crippen LogP contribution in [0.4, 0.5) is 24.5 Å². The van der Waals surface area contributed by atoms with E-state index in [1.54, 1.807) is 23.1 Å². The SMILES string of the molecule is N#Cc1ccc(N2C(=O)C3(CCC3)N(c3ccc4c(c3)OCCNC4=O)C2=S)cc1C(F)(F)F. The molecule has 174 valence electrons. The lowest BCUT2D eigenvalue weighted by molar-refractivity contribution is -0.137. The molecule has 0 unspecified atom stereocenters. The predicted molar refractivity (Wildman–Crippen MR) is 120 cm³/mol. The molecule has 11 heteroatoms. The van der Waals surface area contributed by atoms with Crippen LogP contribution in [0.3, 0.4) is 0 Å². The van der Waals surface area contributed by atoms with Gasteiger partial charge in [-0.2, -0.15) is 18.4 Å². The number of fused-ring (bicyclic) bond motifs is 1. The summed E-state index contributed by atoms with van der Waals surface area (Å²) >= 11 is 5.62. The molecule has 3 aliphatic rings. The summed E-state index contributed by atoms with van der Waals surface area (Å²) < 4.78 is 46.3. The van der Waals surface area contributed by atoms with Gasteiger partial charge in [0.2, 0.25) is 0 Å². The number of hydrogen-bond donors (Lipinski definition) is 1. The summed E-state index contributed by atoms with van der Waals surface area (Å²) in [6.45, 7) is 0.621. The highest BCUT2D eigenvalue weighted by Crippen LogP contribution is 2.49. The minimum Gasteiger partial charge on any atom is -0.491 e. The lowest BCUT2D eigenvalue weighted by Crippen LogP contribution is -2.55. The Labute approximate surface area is 197 Å². The number of ether oxygens (including phenoxy) is 1. The number of rotatable bonds is 2. The van der Waals surface area contributed by atoms with E-state index in [-0.39, 0.29) is 23.3 Å². The molecule has 2 aromatic carbocycles. The van der Waals surface area contributed by atoms with E-state index in [2.05, 4.69) is 5.32 Å². The van der Waals surface area contributed by atoms with E-state index in [0.29, 0.717) is 36.4 Å². The summed E-state index contributed by atoms with van der Waals surface area (Å²) in [7, 11) is 0. The van der Waals surface area contributed by atoms with Crippen molar-refractivity contribution < 1.29 is 27.5 Å². The van der Waals surface area contributed by atoms with Crippen LogP contribution < -0.4 is 19.9 Å². The molecule has 1 aliphatic carbocycles. The minimum absolute atomic E-state index is 0.0283. The summed E-state index contributed by atoms with van der Waals surface area (Å²) in [6.07, 6.45) is -3.06. The summed E-state index contributed by atoms with van der Waals surface area (Å²) in [4.78, 5) is 28.6. The van der Waals surface area contributed by atoms with Crippen molar-refractivity contribution in [2.75, 3.05) is 23.0 Å². The lowest BCUT2D eigenvalue weighted by atomic mass is 9.75. The van der Waals surface area contributed by atoms with Crippen molar-refractivity contribution in [3.05, 3.63) is 53.1 Å². The zero-order valence-corrected chi connectivity index (χ0v) is 18.4. The van der Waals surface area contributed by atoms with E-state index in [1.807, 2.05) is 0 Å². The number of carbonyl (C=O) groups is 2. The Hall–Kier alpha value is -3.65. The van der Waals surface area contributed by atoms with Gasteiger partial charge in [0.05, 0.1) is 35.0 Å². The maximum atomic E-state index is 13.6. The van der Waals surface area contributed by atoms with Crippen molar-refractivity contribution in [3.63, 3.8) is 0 Å². The Balaban J connectivity index is 1.59. The predicted octanol–water partition coefficient (Wildman–Crippen LogP) is 3.76. The van der Waals surface area contributed by atoms with Gasteiger partial charge >= 0.3 is 6.18 Å². The van der Waals surface area contributed by atoms with Crippen LogP contribution in [0.2, 0.25) is 0 Å². The number of amides is 2. The standard InChI is InChI=1S/C23H17F3N4O3S/c24-23(25,26)17-10-14(3-2-13(17)12-27)29-20(32)22(6-1-7-22)30(21(29)34)15-4-5-16-18(11-15)33-9-8-28-19(16)31/h2-5,10-11H,1,6-9H2,(H,28,31). The Morgan fingerprint density at radius 1 is 1.12 bits per heavy atom. The van der Waals surface area contributed by atoms with Crippen molar-refractivity contribution >= 4 is 40.5 Å². The van der Waals surface area contributed by atoms with Crippen LogP contribution in [0.5, 0.6) is 5.75 Å². The third kappa shape index (κ3) is 3.20. The second-order valence-corrected chi connectivity index (χ2v) is 8.63. The molecule has 0 radical (unpaired) electrons. The molecule has 1 saturated carbocycles. The average molecular weight is 486 g/mol. The Bertz CT molecular complexity index is 1280. The second kappa shape index (κ2) is 7.70. The molecule has 2 amide bonds. The molecular formula is C23H17F3N4O3S. The average Bonchev–Trinajstić information content (AvgIpc) is 2.88. The van der Waals surface area contributed by atoms with E-state index in [4.69, 9.17) is 22.2 Å². The molecule has 1 N–H and O–H groups in total. The number of nitriles is 1. The highest BCUT2D eigenvalue weighted by atomic mass is 32.1. The van der Waals surface area contributed by atoms with Crippen molar-refractivity contribution in [3.8, 4) is 11.8 Å². The highest BCUT2D eigenvalue weighted by Gasteiger charge is 2.59. The summed E-state index contributed by atoms with van der Waals surface area (Å²) in [5, 5.41) is 11.8. The van der Waals surface area contributed by atoms with Crippen molar-refractivity contribution in [1.29, 1.82) is 5.26 Å². The number of anilines is 2. The number of nitrogens with zero attached hydrogens (tertiary/aromatic N) is 3. The van der Waals surface area contributed by atoms with Crippen LogP contribution in [0.1, 0.15) is 40.7 Å². The molecular weight excluding hydrogens is 469 g/mol. The van der Waals surface area contributed by atoms with Gasteiger partial charge < -0.3 is 15.0 Å². The zero-order chi connectivity index (χ0) is 24.3. The Kier molecular flexibility index (Phi) is 5.02. The number of thiocarbonyl (C=S) groups is 1. The van der Waals surface area contributed by atoms with Gasteiger partial charge in [-0.05, 0) is 61.8 Å².